The molecule has 0 bridgehead atoms. The van der Waals surface area contributed by atoms with E-state index in [0.29, 0.717) is 0 Å². The molecule has 0 spiro atoms. The second-order valence-electron chi connectivity index (χ2n) is 4.90. The van der Waals surface area contributed by atoms with Crippen molar-refractivity contribution in [1.82, 2.24) is 9.78 Å². The van der Waals surface area contributed by atoms with Crippen molar-refractivity contribution in [2.24, 2.45) is 0 Å². The smallest absolute Gasteiger partial charge is 0.142 e. The van der Waals surface area contributed by atoms with Crippen LogP contribution >= 0.6 is 15.9 Å². The van der Waals surface area contributed by atoms with E-state index in [-0.39, 0.29) is 0 Å². The fraction of sp³-hybridized carbons (Fsp3) is 0.438. The van der Waals surface area contributed by atoms with Gasteiger partial charge in [-0.05, 0) is 41.4 Å². The Morgan fingerprint density at radius 2 is 2.00 bits per heavy atom. The number of benzene rings is 1. The maximum Gasteiger partial charge on any atom is 0.142 e. The highest BCUT2D eigenvalue weighted by Gasteiger charge is 2.17. The fourth-order valence-corrected chi connectivity index (χ4v) is 3.11. The number of hydrogen-bond acceptors (Lipinski definition) is 3. The van der Waals surface area contributed by atoms with Crippen LogP contribution in [-0.4, -0.2) is 23.9 Å². The Balaban J connectivity index is 2.31. The lowest BCUT2D eigenvalue weighted by Gasteiger charge is -2.22. The van der Waals surface area contributed by atoms with Gasteiger partial charge in [0.1, 0.15) is 5.75 Å². The Morgan fingerprint density at radius 1 is 1.29 bits per heavy atom. The van der Waals surface area contributed by atoms with E-state index in [1.807, 2.05) is 18.2 Å². The van der Waals surface area contributed by atoms with Crippen LogP contribution in [0.2, 0.25) is 0 Å². The van der Waals surface area contributed by atoms with Gasteiger partial charge in [0.15, 0.2) is 0 Å². The maximum atomic E-state index is 5.44. The van der Waals surface area contributed by atoms with Crippen LogP contribution in [0.4, 0.5) is 5.69 Å². The third-order valence-electron chi connectivity index (χ3n) is 3.58. The van der Waals surface area contributed by atoms with Crippen LogP contribution in [0.1, 0.15) is 25.2 Å². The van der Waals surface area contributed by atoms with Crippen LogP contribution in [0.3, 0.4) is 0 Å². The zero-order valence-corrected chi connectivity index (χ0v) is 14.6. The van der Waals surface area contributed by atoms with Crippen LogP contribution < -0.4 is 9.64 Å². The van der Waals surface area contributed by atoms with E-state index in [9.17, 15) is 0 Å². The minimum Gasteiger partial charge on any atom is -0.495 e. The molecule has 5 heteroatoms. The van der Waals surface area contributed by atoms with Crippen molar-refractivity contribution in [2.45, 2.75) is 33.4 Å². The van der Waals surface area contributed by atoms with Crippen LogP contribution in [0, 0.1) is 0 Å². The largest absolute Gasteiger partial charge is 0.495 e. The van der Waals surface area contributed by atoms with Gasteiger partial charge in [-0.25, -0.2) is 0 Å². The average molecular weight is 352 g/mol. The second-order valence-corrected chi connectivity index (χ2v) is 5.70. The van der Waals surface area contributed by atoms with Crippen molar-refractivity contribution >= 4 is 21.6 Å². The van der Waals surface area contributed by atoms with Crippen molar-refractivity contribution < 1.29 is 4.74 Å². The number of rotatable bonds is 6. The zero-order chi connectivity index (χ0) is 15.4. The Hall–Kier alpha value is -1.49. The molecule has 2 aromatic rings. The Bertz CT molecular complexity index is 610. The summed E-state index contributed by atoms with van der Waals surface area (Å²) in [5, 5.41) is 4.65. The van der Waals surface area contributed by atoms with E-state index in [1.54, 1.807) is 7.11 Å². The Morgan fingerprint density at radius 3 is 2.62 bits per heavy atom. The van der Waals surface area contributed by atoms with E-state index in [1.165, 1.54) is 5.69 Å². The SMILES string of the molecule is CCc1nn(CC)c(CN(C)c2ccccc2OC)c1Br. The average Bonchev–Trinajstić information content (AvgIpc) is 2.83. The molecule has 0 atom stereocenters. The normalized spacial score (nSPS) is 10.7. The number of aromatic nitrogens is 2. The molecule has 1 aromatic heterocycles. The number of methoxy groups -OCH3 is 1. The number of aryl methyl sites for hydroxylation is 2. The van der Waals surface area contributed by atoms with Gasteiger partial charge in [-0.1, -0.05) is 19.1 Å². The molecule has 0 saturated heterocycles. The van der Waals surface area contributed by atoms with Crippen molar-refractivity contribution in [3.63, 3.8) is 0 Å². The molecule has 114 valence electrons. The standard InChI is InChI=1S/C16H22BrN3O/c1-5-12-16(17)14(20(6-2)18-12)11-19(3)13-9-7-8-10-15(13)21-4/h7-10H,5-6,11H2,1-4H3. The lowest BCUT2D eigenvalue weighted by atomic mass is 10.2. The molecule has 0 fully saturated rings. The van der Waals surface area contributed by atoms with Crippen LogP contribution in [0.5, 0.6) is 5.75 Å². The number of hydrogen-bond donors (Lipinski definition) is 0. The monoisotopic (exact) mass is 351 g/mol. The highest BCUT2D eigenvalue weighted by Crippen LogP contribution is 2.30. The molecule has 1 aromatic carbocycles. The summed E-state index contributed by atoms with van der Waals surface area (Å²) in [5.74, 6) is 0.884. The lowest BCUT2D eigenvalue weighted by Crippen LogP contribution is -2.20. The Labute approximate surface area is 134 Å². The maximum absolute atomic E-state index is 5.44. The molecule has 0 aliphatic carbocycles. The van der Waals surface area contributed by atoms with E-state index in [2.05, 4.69) is 57.6 Å². The molecule has 0 unspecified atom stereocenters. The zero-order valence-electron chi connectivity index (χ0n) is 13.1. The number of nitrogens with zero attached hydrogens (tertiary/aromatic N) is 3. The molecule has 0 aliphatic rings. The van der Waals surface area contributed by atoms with E-state index >= 15 is 0 Å². The summed E-state index contributed by atoms with van der Waals surface area (Å²) in [5.41, 5.74) is 3.39. The van der Waals surface area contributed by atoms with Gasteiger partial charge in [-0.15, -0.1) is 0 Å². The van der Waals surface area contributed by atoms with Gasteiger partial charge in [0.05, 0.1) is 35.2 Å². The molecule has 1 heterocycles. The molecule has 0 amide bonds. The predicted molar refractivity (Wildman–Crippen MR) is 90.1 cm³/mol. The minimum atomic E-state index is 0.780. The van der Waals surface area contributed by atoms with Gasteiger partial charge >= 0.3 is 0 Å². The molecular weight excluding hydrogens is 330 g/mol. The van der Waals surface area contributed by atoms with E-state index < -0.39 is 0 Å². The van der Waals surface area contributed by atoms with Crippen molar-refractivity contribution in [2.75, 3.05) is 19.1 Å². The van der Waals surface area contributed by atoms with Gasteiger partial charge in [0, 0.05) is 13.6 Å². The highest BCUT2D eigenvalue weighted by atomic mass is 79.9. The lowest BCUT2D eigenvalue weighted by molar-refractivity contribution is 0.414. The van der Waals surface area contributed by atoms with Crippen molar-refractivity contribution in [1.29, 1.82) is 0 Å². The third kappa shape index (κ3) is 3.23. The molecule has 0 saturated carbocycles. The summed E-state index contributed by atoms with van der Waals surface area (Å²) in [6.45, 7) is 5.89. The molecule has 0 aliphatic heterocycles. The first-order chi connectivity index (χ1) is 10.1. The highest BCUT2D eigenvalue weighted by molar-refractivity contribution is 9.10. The Kier molecular flexibility index (Phi) is 5.28. The summed E-state index contributed by atoms with van der Waals surface area (Å²) in [4.78, 5) is 2.19. The summed E-state index contributed by atoms with van der Waals surface area (Å²) in [6, 6.07) is 8.06. The first kappa shape index (κ1) is 15.9. The fourth-order valence-electron chi connectivity index (χ4n) is 2.42. The van der Waals surface area contributed by atoms with Gasteiger partial charge in [-0.3, -0.25) is 4.68 Å². The molecule has 0 N–H and O–H groups in total. The van der Waals surface area contributed by atoms with Crippen LogP contribution in [0.15, 0.2) is 28.7 Å². The van der Waals surface area contributed by atoms with E-state index in [4.69, 9.17) is 4.74 Å². The number of para-hydroxylation sites is 2. The van der Waals surface area contributed by atoms with Gasteiger partial charge in [0.2, 0.25) is 0 Å². The molecule has 0 radical (unpaired) electrons. The van der Waals surface area contributed by atoms with Gasteiger partial charge in [0.25, 0.3) is 0 Å². The molecule has 2 rings (SSSR count). The number of anilines is 1. The summed E-state index contributed by atoms with van der Waals surface area (Å²) in [7, 11) is 3.77. The summed E-state index contributed by atoms with van der Waals surface area (Å²) >= 11 is 3.70. The number of halogens is 1. The van der Waals surface area contributed by atoms with Crippen molar-refractivity contribution in [3.05, 3.63) is 40.1 Å². The predicted octanol–water partition coefficient (Wildman–Crippen LogP) is 3.87. The van der Waals surface area contributed by atoms with Gasteiger partial charge in [-0.2, -0.15) is 5.10 Å². The van der Waals surface area contributed by atoms with E-state index in [0.717, 1.165) is 41.1 Å². The molecule has 4 nitrogen and oxygen atoms in total. The topological polar surface area (TPSA) is 30.3 Å². The molecule has 21 heavy (non-hydrogen) atoms. The van der Waals surface area contributed by atoms with Crippen LogP contribution in [-0.2, 0) is 19.5 Å². The minimum absolute atomic E-state index is 0.780. The first-order valence-corrected chi connectivity index (χ1v) is 7.99. The third-order valence-corrected chi connectivity index (χ3v) is 4.49. The summed E-state index contributed by atoms with van der Waals surface area (Å²) in [6.07, 6.45) is 0.930. The summed E-state index contributed by atoms with van der Waals surface area (Å²) < 4.78 is 8.62. The molecular formula is C16H22BrN3O. The van der Waals surface area contributed by atoms with Crippen LogP contribution in [0.25, 0.3) is 0 Å². The second kappa shape index (κ2) is 6.98. The van der Waals surface area contributed by atoms with Gasteiger partial charge < -0.3 is 9.64 Å². The van der Waals surface area contributed by atoms with Crippen molar-refractivity contribution in [3.8, 4) is 5.75 Å². The number of ether oxygens (including phenoxy) is 1. The quantitative estimate of drug-likeness (QED) is 0.791. The first-order valence-electron chi connectivity index (χ1n) is 7.20.